The lowest BCUT2D eigenvalue weighted by molar-refractivity contribution is -0.0126. The highest BCUT2D eigenvalue weighted by molar-refractivity contribution is 5.31. The maximum Gasteiger partial charge on any atom is 0.0921 e. The van der Waals surface area contributed by atoms with Gasteiger partial charge >= 0.3 is 0 Å². The highest BCUT2D eigenvalue weighted by Gasteiger charge is 2.52. The molecule has 0 spiro atoms. The first kappa shape index (κ1) is 11.7. The van der Waals surface area contributed by atoms with E-state index in [1.54, 1.807) is 0 Å². The fraction of sp³-hybridized carbons (Fsp3) is 0.600. The van der Waals surface area contributed by atoms with E-state index in [1.165, 1.54) is 5.56 Å². The first-order chi connectivity index (χ1) is 7.37. The maximum absolute atomic E-state index is 10.6. The summed E-state index contributed by atoms with van der Waals surface area (Å²) in [7, 11) is 0. The molecule has 1 fully saturated rings. The summed E-state index contributed by atoms with van der Waals surface area (Å²) in [4.78, 5) is 0. The van der Waals surface area contributed by atoms with Crippen LogP contribution in [0.15, 0.2) is 24.3 Å². The third-order valence-corrected chi connectivity index (χ3v) is 4.31. The Bertz CT molecular complexity index is 369. The van der Waals surface area contributed by atoms with E-state index in [9.17, 15) is 5.11 Å². The Morgan fingerprint density at radius 1 is 1.19 bits per heavy atom. The van der Waals surface area contributed by atoms with Crippen LogP contribution < -0.4 is 0 Å². The predicted octanol–water partition coefficient (Wildman–Crippen LogP) is 3.82. The van der Waals surface area contributed by atoms with Crippen molar-refractivity contribution in [2.75, 3.05) is 0 Å². The van der Waals surface area contributed by atoms with Gasteiger partial charge in [-0.2, -0.15) is 0 Å². The predicted molar refractivity (Wildman–Crippen MR) is 67.4 cm³/mol. The van der Waals surface area contributed by atoms with E-state index in [-0.39, 0.29) is 5.41 Å². The number of hydrogen-bond acceptors (Lipinski definition) is 1. The van der Waals surface area contributed by atoms with E-state index < -0.39 is 5.60 Å². The molecular formula is C15H22O. The largest absolute Gasteiger partial charge is 0.385 e. The summed E-state index contributed by atoms with van der Waals surface area (Å²) in [5, 5.41) is 10.6. The molecule has 1 saturated carbocycles. The Labute approximate surface area is 98.5 Å². The van der Waals surface area contributed by atoms with E-state index in [4.69, 9.17) is 0 Å². The fourth-order valence-corrected chi connectivity index (χ4v) is 2.22. The second kappa shape index (κ2) is 3.59. The van der Waals surface area contributed by atoms with Crippen molar-refractivity contribution in [1.82, 2.24) is 0 Å². The van der Waals surface area contributed by atoms with Crippen LogP contribution in [0, 0.1) is 5.41 Å². The van der Waals surface area contributed by atoms with Crippen LogP contribution in [0.2, 0.25) is 0 Å². The van der Waals surface area contributed by atoms with Crippen molar-refractivity contribution in [3.63, 3.8) is 0 Å². The van der Waals surface area contributed by atoms with E-state index in [1.807, 2.05) is 6.92 Å². The lowest BCUT2D eigenvalue weighted by Crippen LogP contribution is -2.31. The molecule has 1 aliphatic carbocycles. The Kier molecular flexibility index (Phi) is 2.62. The molecule has 0 aromatic heterocycles. The Hall–Kier alpha value is -0.820. The first-order valence-electron chi connectivity index (χ1n) is 6.20. The van der Waals surface area contributed by atoms with Gasteiger partial charge in [-0.05, 0) is 36.8 Å². The zero-order valence-electron chi connectivity index (χ0n) is 10.7. The number of benzene rings is 1. The van der Waals surface area contributed by atoms with Crippen LogP contribution in [0.1, 0.15) is 57.6 Å². The molecule has 0 aliphatic heterocycles. The molecule has 16 heavy (non-hydrogen) atoms. The first-order valence-corrected chi connectivity index (χ1v) is 6.20. The third-order valence-electron chi connectivity index (χ3n) is 4.31. The minimum Gasteiger partial charge on any atom is -0.385 e. The van der Waals surface area contributed by atoms with Crippen LogP contribution in [0.25, 0.3) is 0 Å². The average molecular weight is 218 g/mol. The fourth-order valence-electron chi connectivity index (χ4n) is 2.22. The quantitative estimate of drug-likeness (QED) is 0.817. The topological polar surface area (TPSA) is 20.2 Å². The Morgan fingerprint density at radius 2 is 1.69 bits per heavy atom. The summed E-state index contributed by atoms with van der Waals surface area (Å²) in [6.45, 7) is 8.50. The Balaban J connectivity index is 2.28. The van der Waals surface area contributed by atoms with E-state index >= 15 is 0 Å². The summed E-state index contributed by atoms with van der Waals surface area (Å²) >= 11 is 0. The van der Waals surface area contributed by atoms with Gasteiger partial charge in [0.1, 0.15) is 0 Å². The Morgan fingerprint density at radius 3 is 2.06 bits per heavy atom. The smallest absolute Gasteiger partial charge is 0.0921 e. The molecule has 0 radical (unpaired) electrons. The summed E-state index contributed by atoms with van der Waals surface area (Å²) in [6, 6.07) is 8.44. The molecule has 1 aromatic rings. The molecule has 0 saturated heterocycles. The van der Waals surface area contributed by atoms with Gasteiger partial charge in [0.2, 0.25) is 0 Å². The molecule has 1 aliphatic rings. The van der Waals surface area contributed by atoms with Crippen molar-refractivity contribution in [3.05, 3.63) is 35.4 Å². The van der Waals surface area contributed by atoms with Gasteiger partial charge in [0.25, 0.3) is 0 Å². The van der Waals surface area contributed by atoms with Crippen molar-refractivity contribution in [3.8, 4) is 0 Å². The van der Waals surface area contributed by atoms with Gasteiger partial charge in [0.05, 0.1) is 5.60 Å². The average Bonchev–Trinajstić information content (AvgIpc) is 2.98. The summed E-state index contributed by atoms with van der Waals surface area (Å²) in [5.41, 5.74) is 1.80. The van der Waals surface area contributed by atoms with E-state index in [2.05, 4.69) is 45.0 Å². The summed E-state index contributed by atoms with van der Waals surface area (Å²) in [6.07, 6.45) is 2.26. The van der Waals surface area contributed by atoms with Gasteiger partial charge in [-0.3, -0.25) is 0 Å². The lowest BCUT2D eigenvalue weighted by Gasteiger charge is -2.31. The van der Waals surface area contributed by atoms with Crippen LogP contribution in [-0.4, -0.2) is 5.11 Å². The van der Waals surface area contributed by atoms with Crippen molar-refractivity contribution in [2.24, 2.45) is 5.41 Å². The molecule has 2 rings (SSSR count). The number of rotatable bonds is 3. The minimum atomic E-state index is -0.678. The standard InChI is InChI=1S/C15H22O/c1-11(2)12-5-7-13(8-6-12)15(4,16)14(3)9-10-14/h5-8,11,16H,9-10H2,1-4H3. The lowest BCUT2D eigenvalue weighted by atomic mass is 9.81. The zero-order valence-corrected chi connectivity index (χ0v) is 10.7. The number of aliphatic hydroxyl groups is 1. The second-order valence-corrected chi connectivity index (χ2v) is 5.91. The van der Waals surface area contributed by atoms with Gasteiger partial charge in [-0.15, -0.1) is 0 Å². The van der Waals surface area contributed by atoms with Crippen LogP contribution >= 0.6 is 0 Å². The van der Waals surface area contributed by atoms with Gasteiger partial charge in [0.15, 0.2) is 0 Å². The third kappa shape index (κ3) is 1.78. The van der Waals surface area contributed by atoms with E-state index in [0.29, 0.717) is 5.92 Å². The normalized spacial score (nSPS) is 21.9. The van der Waals surface area contributed by atoms with Crippen LogP contribution in [0.4, 0.5) is 0 Å². The SMILES string of the molecule is CC(C)c1ccc(C(C)(O)C2(C)CC2)cc1. The van der Waals surface area contributed by atoms with Crippen LogP contribution in [0.5, 0.6) is 0 Å². The molecule has 1 atom stereocenters. The molecule has 0 bridgehead atoms. The summed E-state index contributed by atoms with van der Waals surface area (Å²) < 4.78 is 0. The molecule has 1 unspecified atom stereocenters. The highest BCUT2D eigenvalue weighted by atomic mass is 16.3. The molecule has 1 aromatic carbocycles. The molecule has 1 N–H and O–H groups in total. The molecule has 1 nitrogen and oxygen atoms in total. The second-order valence-electron chi connectivity index (χ2n) is 5.91. The van der Waals surface area contributed by atoms with Gasteiger partial charge in [0, 0.05) is 5.41 Å². The van der Waals surface area contributed by atoms with E-state index in [0.717, 1.165) is 18.4 Å². The van der Waals surface area contributed by atoms with Crippen LogP contribution in [0.3, 0.4) is 0 Å². The summed E-state index contributed by atoms with van der Waals surface area (Å²) in [5.74, 6) is 0.551. The van der Waals surface area contributed by atoms with Crippen molar-refractivity contribution < 1.29 is 5.11 Å². The van der Waals surface area contributed by atoms with Gasteiger partial charge in [-0.1, -0.05) is 45.0 Å². The monoisotopic (exact) mass is 218 g/mol. The van der Waals surface area contributed by atoms with Crippen molar-refractivity contribution in [2.45, 2.75) is 52.1 Å². The molecular weight excluding hydrogens is 196 g/mol. The molecule has 0 amide bonds. The van der Waals surface area contributed by atoms with Gasteiger partial charge in [-0.25, -0.2) is 0 Å². The van der Waals surface area contributed by atoms with Crippen molar-refractivity contribution >= 4 is 0 Å². The van der Waals surface area contributed by atoms with Crippen molar-refractivity contribution in [1.29, 1.82) is 0 Å². The number of hydrogen-bond donors (Lipinski definition) is 1. The molecule has 0 heterocycles. The zero-order chi connectivity index (χ0) is 12.0. The molecule has 88 valence electrons. The van der Waals surface area contributed by atoms with Crippen LogP contribution in [-0.2, 0) is 5.60 Å². The minimum absolute atomic E-state index is 0.0896. The maximum atomic E-state index is 10.6. The molecule has 1 heteroatoms. The highest BCUT2D eigenvalue weighted by Crippen LogP contribution is 2.57. The van der Waals surface area contributed by atoms with Gasteiger partial charge < -0.3 is 5.11 Å².